The van der Waals surface area contributed by atoms with E-state index in [1.165, 1.54) is 0 Å². The van der Waals surface area contributed by atoms with Gasteiger partial charge in [-0.2, -0.15) is 0 Å². The van der Waals surface area contributed by atoms with Gasteiger partial charge in [0.1, 0.15) is 4.83 Å². The zero-order valence-electron chi connectivity index (χ0n) is 6.48. The van der Waals surface area contributed by atoms with Gasteiger partial charge in [0, 0.05) is 5.33 Å². The molecule has 11 heavy (non-hydrogen) atoms. The smallest absolute Gasteiger partial charge is 0.319 e. The molecule has 0 bridgehead atoms. The summed E-state index contributed by atoms with van der Waals surface area (Å²) in [6, 6.07) is 0. The third kappa shape index (κ3) is 5.67. The van der Waals surface area contributed by atoms with Crippen LogP contribution in [-0.2, 0) is 9.53 Å². The fourth-order valence-corrected chi connectivity index (χ4v) is 1.39. The Kier molecular flexibility index (Phi) is 7.38. The number of carbonyl (C=O) groups excluding carboxylic acids is 1. The largest absolute Gasteiger partial charge is 0.465 e. The zero-order chi connectivity index (χ0) is 8.69. The Morgan fingerprint density at radius 3 is 2.73 bits per heavy atom. The van der Waals surface area contributed by atoms with Gasteiger partial charge < -0.3 is 4.74 Å². The molecule has 0 radical (unpaired) electrons. The zero-order valence-corrected chi connectivity index (χ0v) is 9.65. The molecule has 0 spiro atoms. The summed E-state index contributed by atoms with van der Waals surface area (Å²) in [6.07, 6.45) is 1.80. The van der Waals surface area contributed by atoms with Crippen molar-refractivity contribution < 1.29 is 9.53 Å². The molecule has 0 aliphatic heterocycles. The molecule has 0 fully saturated rings. The van der Waals surface area contributed by atoms with Crippen LogP contribution in [0.5, 0.6) is 0 Å². The number of rotatable bonds is 5. The van der Waals surface area contributed by atoms with Crippen molar-refractivity contribution in [1.29, 1.82) is 0 Å². The maximum atomic E-state index is 11.0. The molecule has 4 heteroatoms. The summed E-state index contributed by atoms with van der Waals surface area (Å²) < 4.78 is 4.80. The molecule has 0 heterocycles. The number of alkyl halides is 2. The van der Waals surface area contributed by atoms with E-state index in [4.69, 9.17) is 4.74 Å². The maximum Gasteiger partial charge on any atom is 0.319 e. The van der Waals surface area contributed by atoms with Crippen LogP contribution < -0.4 is 0 Å². The molecule has 0 aromatic rings. The lowest BCUT2D eigenvalue weighted by Crippen LogP contribution is -2.17. The monoisotopic (exact) mass is 286 g/mol. The first kappa shape index (κ1) is 11.4. The lowest BCUT2D eigenvalue weighted by molar-refractivity contribution is -0.142. The van der Waals surface area contributed by atoms with Crippen LogP contribution in [0.2, 0.25) is 0 Å². The van der Waals surface area contributed by atoms with Crippen LogP contribution in [0.1, 0.15) is 19.8 Å². The highest BCUT2D eigenvalue weighted by Crippen LogP contribution is 2.10. The van der Waals surface area contributed by atoms with E-state index in [-0.39, 0.29) is 10.8 Å². The minimum absolute atomic E-state index is 0.139. The standard InChI is InChI=1S/C7H12Br2O2/c1-2-11-7(10)6(9)4-3-5-8/h6H,2-5H2,1H3/t6-/m1/s1. The third-order valence-corrected chi connectivity index (χ3v) is 2.53. The molecule has 2 nitrogen and oxygen atoms in total. The van der Waals surface area contributed by atoms with Gasteiger partial charge in [0.05, 0.1) is 6.61 Å². The average Bonchev–Trinajstić information content (AvgIpc) is 2.00. The second-order valence-corrected chi connectivity index (χ2v) is 3.95. The quantitative estimate of drug-likeness (QED) is 0.574. The van der Waals surface area contributed by atoms with Crippen molar-refractivity contribution in [3.63, 3.8) is 0 Å². The molecule has 0 saturated heterocycles. The predicted octanol–water partition coefficient (Wildman–Crippen LogP) is 2.49. The van der Waals surface area contributed by atoms with Crippen LogP contribution >= 0.6 is 31.9 Å². The molecule has 0 rings (SSSR count). The molecule has 66 valence electrons. The minimum Gasteiger partial charge on any atom is -0.465 e. The summed E-state index contributed by atoms with van der Waals surface area (Å²) in [5.41, 5.74) is 0. The molecular formula is C7H12Br2O2. The highest BCUT2D eigenvalue weighted by Gasteiger charge is 2.14. The van der Waals surface area contributed by atoms with Gasteiger partial charge >= 0.3 is 5.97 Å². The van der Waals surface area contributed by atoms with Crippen molar-refractivity contribution in [2.75, 3.05) is 11.9 Å². The van der Waals surface area contributed by atoms with Crippen LogP contribution in [0.4, 0.5) is 0 Å². The van der Waals surface area contributed by atoms with Crippen LogP contribution in [0, 0.1) is 0 Å². The van der Waals surface area contributed by atoms with Gasteiger partial charge in [-0.3, -0.25) is 4.79 Å². The van der Waals surface area contributed by atoms with Gasteiger partial charge in [-0.25, -0.2) is 0 Å². The topological polar surface area (TPSA) is 26.3 Å². The fourth-order valence-electron chi connectivity index (χ4n) is 0.607. The van der Waals surface area contributed by atoms with Gasteiger partial charge in [0.2, 0.25) is 0 Å². The molecule has 0 aliphatic rings. The Balaban J connectivity index is 3.46. The Bertz CT molecular complexity index is 117. The first-order chi connectivity index (χ1) is 5.22. The van der Waals surface area contributed by atoms with E-state index in [1.807, 2.05) is 6.92 Å². The van der Waals surface area contributed by atoms with Gasteiger partial charge in [-0.15, -0.1) is 0 Å². The highest BCUT2D eigenvalue weighted by atomic mass is 79.9. The number of hydrogen-bond acceptors (Lipinski definition) is 2. The Labute approximate surface area is 83.9 Å². The predicted molar refractivity (Wildman–Crippen MR) is 52.4 cm³/mol. The molecule has 0 aromatic carbocycles. The summed E-state index contributed by atoms with van der Waals surface area (Å²) in [5.74, 6) is -0.159. The summed E-state index contributed by atoms with van der Waals surface area (Å²) in [7, 11) is 0. The lowest BCUT2D eigenvalue weighted by atomic mass is 10.2. The van der Waals surface area contributed by atoms with Gasteiger partial charge in [0.15, 0.2) is 0 Å². The number of ether oxygens (including phenoxy) is 1. The molecule has 0 N–H and O–H groups in total. The first-order valence-corrected chi connectivity index (χ1v) is 5.62. The lowest BCUT2D eigenvalue weighted by Gasteiger charge is -2.06. The summed E-state index contributed by atoms with van der Waals surface area (Å²) >= 11 is 6.54. The molecule has 0 aromatic heterocycles. The summed E-state index contributed by atoms with van der Waals surface area (Å²) in [6.45, 7) is 2.26. The molecule has 0 aliphatic carbocycles. The van der Waals surface area contributed by atoms with Crippen LogP contribution in [0.25, 0.3) is 0 Å². The van der Waals surface area contributed by atoms with E-state index in [0.717, 1.165) is 18.2 Å². The van der Waals surface area contributed by atoms with Crippen molar-refractivity contribution in [1.82, 2.24) is 0 Å². The third-order valence-electron chi connectivity index (χ3n) is 1.13. The Morgan fingerprint density at radius 1 is 1.64 bits per heavy atom. The van der Waals surface area contributed by atoms with Crippen LogP contribution in [-0.4, -0.2) is 22.7 Å². The molecule has 0 amide bonds. The average molecular weight is 288 g/mol. The minimum atomic E-state index is -0.159. The van der Waals surface area contributed by atoms with Crippen molar-refractivity contribution in [3.8, 4) is 0 Å². The fraction of sp³-hybridized carbons (Fsp3) is 0.857. The molecular weight excluding hydrogens is 276 g/mol. The van der Waals surface area contributed by atoms with Crippen molar-refractivity contribution >= 4 is 37.8 Å². The summed E-state index contributed by atoms with van der Waals surface area (Å²) in [4.78, 5) is 10.8. The first-order valence-electron chi connectivity index (χ1n) is 3.59. The van der Waals surface area contributed by atoms with Crippen LogP contribution in [0.3, 0.4) is 0 Å². The van der Waals surface area contributed by atoms with E-state index >= 15 is 0 Å². The highest BCUT2D eigenvalue weighted by molar-refractivity contribution is 9.10. The normalized spacial score (nSPS) is 12.6. The number of hydrogen-bond donors (Lipinski definition) is 0. The second-order valence-electron chi connectivity index (χ2n) is 2.05. The summed E-state index contributed by atoms with van der Waals surface area (Å²) in [5, 5.41) is 0.925. The molecule has 1 atom stereocenters. The van der Waals surface area contributed by atoms with E-state index in [9.17, 15) is 4.79 Å². The molecule has 0 unspecified atom stereocenters. The van der Waals surface area contributed by atoms with Crippen molar-refractivity contribution in [2.45, 2.75) is 24.6 Å². The number of carbonyl (C=O) groups is 1. The van der Waals surface area contributed by atoms with Gasteiger partial charge in [-0.1, -0.05) is 31.9 Å². The van der Waals surface area contributed by atoms with E-state index in [2.05, 4.69) is 31.9 Å². The van der Waals surface area contributed by atoms with E-state index in [1.54, 1.807) is 0 Å². The second kappa shape index (κ2) is 7.10. The maximum absolute atomic E-state index is 11.0. The number of esters is 1. The Morgan fingerprint density at radius 2 is 2.27 bits per heavy atom. The number of halogens is 2. The van der Waals surface area contributed by atoms with E-state index in [0.29, 0.717) is 6.61 Å². The Hall–Kier alpha value is 0.430. The van der Waals surface area contributed by atoms with Crippen molar-refractivity contribution in [3.05, 3.63) is 0 Å². The van der Waals surface area contributed by atoms with Gasteiger partial charge in [0.25, 0.3) is 0 Å². The molecule has 0 saturated carbocycles. The van der Waals surface area contributed by atoms with E-state index < -0.39 is 0 Å². The SMILES string of the molecule is CCOC(=O)[C@H](Br)CCCBr. The van der Waals surface area contributed by atoms with Gasteiger partial charge in [-0.05, 0) is 19.8 Å². The van der Waals surface area contributed by atoms with Crippen molar-refractivity contribution in [2.24, 2.45) is 0 Å². The van der Waals surface area contributed by atoms with Crippen LogP contribution in [0.15, 0.2) is 0 Å².